The molecule has 0 saturated carbocycles. The van der Waals surface area contributed by atoms with E-state index in [-0.39, 0.29) is 24.7 Å². The van der Waals surface area contributed by atoms with Crippen molar-refractivity contribution in [3.8, 4) is 0 Å². The Bertz CT molecular complexity index is 403. The van der Waals surface area contributed by atoms with Crippen LogP contribution in [0.2, 0.25) is 0 Å². The molecule has 2 heterocycles. The molecular weight excluding hydrogens is 292 g/mol. The molecule has 0 aromatic carbocycles. The van der Waals surface area contributed by atoms with Gasteiger partial charge >= 0.3 is 5.97 Å². The Morgan fingerprint density at radius 2 is 1.57 bits per heavy atom. The number of piperidine rings is 2. The third-order valence-electron chi connectivity index (χ3n) is 4.69. The summed E-state index contributed by atoms with van der Waals surface area (Å²) in [7, 11) is 0. The number of hydrogen-bond acceptors (Lipinski definition) is 4. The maximum absolute atomic E-state index is 12.3. The Kier molecular flexibility index (Phi) is 6.45. The summed E-state index contributed by atoms with van der Waals surface area (Å²) in [5, 5.41) is 0. The number of hydrogen-bond donors (Lipinski definition) is 0. The van der Waals surface area contributed by atoms with Crippen molar-refractivity contribution >= 4 is 11.9 Å². The zero-order valence-corrected chi connectivity index (χ0v) is 15.0. The Labute approximate surface area is 140 Å². The average molecular weight is 324 g/mol. The molecule has 0 spiro atoms. The van der Waals surface area contributed by atoms with Gasteiger partial charge in [-0.05, 0) is 59.5 Å². The number of nitrogens with zero attached hydrogens (tertiary/aromatic N) is 2. The monoisotopic (exact) mass is 324 g/mol. The molecule has 23 heavy (non-hydrogen) atoms. The second-order valence-corrected chi connectivity index (χ2v) is 7.80. The zero-order chi connectivity index (χ0) is 16.9. The van der Waals surface area contributed by atoms with Gasteiger partial charge in [0, 0.05) is 25.6 Å². The van der Waals surface area contributed by atoms with Gasteiger partial charge in [0.15, 0.2) is 0 Å². The minimum atomic E-state index is -0.479. The average Bonchev–Trinajstić information content (AvgIpc) is 2.52. The van der Waals surface area contributed by atoms with Gasteiger partial charge in [-0.3, -0.25) is 9.59 Å². The first-order valence-corrected chi connectivity index (χ1v) is 9.09. The van der Waals surface area contributed by atoms with Crippen molar-refractivity contribution in [3.05, 3.63) is 0 Å². The number of carbonyl (C=O) groups excluding carboxylic acids is 2. The molecule has 2 aliphatic rings. The third-order valence-corrected chi connectivity index (χ3v) is 4.69. The smallest absolute Gasteiger partial charge is 0.306 e. The lowest BCUT2D eigenvalue weighted by Crippen LogP contribution is -2.48. The fraction of sp³-hybridized carbons (Fsp3) is 0.889. The lowest BCUT2D eigenvalue weighted by Gasteiger charge is -2.40. The van der Waals surface area contributed by atoms with Gasteiger partial charge in [0.2, 0.25) is 5.91 Å². The van der Waals surface area contributed by atoms with Crippen LogP contribution in [0.3, 0.4) is 0 Å². The Hall–Kier alpha value is -1.10. The van der Waals surface area contributed by atoms with Gasteiger partial charge in [-0.15, -0.1) is 0 Å². The van der Waals surface area contributed by atoms with Crippen LogP contribution in [-0.2, 0) is 14.3 Å². The molecule has 2 saturated heterocycles. The van der Waals surface area contributed by atoms with Crippen LogP contribution in [0.1, 0.15) is 65.7 Å². The highest BCUT2D eigenvalue weighted by Gasteiger charge is 2.28. The Morgan fingerprint density at radius 1 is 0.957 bits per heavy atom. The molecule has 0 aromatic heterocycles. The van der Waals surface area contributed by atoms with Crippen molar-refractivity contribution in [2.45, 2.75) is 77.4 Å². The second kappa shape index (κ2) is 8.13. The molecule has 2 aliphatic heterocycles. The summed E-state index contributed by atoms with van der Waals surface area (Å²) in [6, 6.07) is 0.644. The van der Waals surface area contributed by atoms with Crippen LogP contribution < -0.4 is 0 Å². The summed E-state index contributed by atoms with van der Waals surface area (Å²) in [4.78, 5) is 28.5. The Morgan fingerprint density at radius 3 is 2.13 bits per heavy atom. The predicted octanol–water partition coefficient (Wildman–Crippen LogP) is 2.59. The number of amides is 1. The number of esters is 1. The summed E-state index contributed by atoms with van der Waals surface area (Å²) in [6.45, 7) is 9.63. The van der Waals surface area contributed by atoms with Crippen LogP contribution >= 0.6 is 0 Å². The standard InChI is InChI=1S/C18H32N2O3/c1-18(2,3)23-17(22)8-7-16(21)20-13-9-15(10-14-20)19-11-5-4-6-12-19/h15H,4-14H2,1-3H3. The predicted molar refractivity (Wildman–Crippen MR) is 90.1 cm³/mol. The maximum atomic E-state index is 12.3. The van der Waals surface area contributed by atoms with Gasteiger partial charge < -0.3 is 14.5 Å². The molecule has 2 fully saturated rings. The SMILES string of the molecule is CC(C)(C)OC(=O)CCC(=O)N1CCC(N2CCCCC2)CC1. The van der Waals surface area contributed by atoms with E-state index in [4.69, 9.17) is 4.74 Å². The number of ether oxygens (including phenoxy) is 1. The van der Waals surface area contributed by atoms with Crippen LogP contribution in [0, 0.1) is 0 Å². The van der Waals surface area contributed by atoms with Crippen molar-refractivity contribution in [2.75, 3.05) is 26.2 Å². The largest absolute Gasteiger partial charge is 0.460 e. The fourth-order valence-corrected chi connectivity index (χ4v) is 3.52. The third kappa shape index (κ3) is 6.13. The lowest BCUT2D eigenvalue weighted by molar-refractivity contribution is -0.156. The van der Waals surface area contributed by atoms with Crippen molar-refractivity contribution < 1.29 is 14.3 Å². The molecule has 5 heteroatoms. The first-order valence-electron chi connectivity index (χ1n) is 9.09. The number of rotatable bonds is 4. The minimum Gasteiger partial charge on any atom is -0.460 e. The van der Waals surface area contributed by atoms with Crippen molar-refractivity contribution in [2.24, 2.45) is 0 Å². The van der Waals surface area contributed by atoms with Gasteiger partial charge in [-0.2, -0.15) is 0 Å². The molecule has 5 nitrogen and oxygen atoms in total. The second-order valence-electron chi connectivity index (χ2n) is 7.80. The van der Waals surface area contributed by atoms with E-state index in [0.717, 1.165) is 25.9 Å². The quantitative estimate of drug-likeness (QED) is 0.746. The van der Waals surface area contributed by atoms with Gasteiger partial charge in [0.05, 0.1) is 6.42 Å². The number of carbonyl (C=O) groups is 2. The molecule has 0 bridgehead atoms. The van der Waals surface area contributed by atoms with E-state index >= 15 is 0 Å². The van der Waals surface area contributed by atoms with Gasteiger partial charge in [-0.25, -0.2) is 0 Å². The maximum Gasteiger partial charge on any atom is 0.306 e. The van der Waals surface area contributed by atoms with E-state index in [1.807, 2.05) is 25.7 Å². The fourth-order valence-electron chi connectivity index (χ4n) is 3.52. The molecule has 132 valence electrons. The van der Waals surface area contributed by atoms with E-state index < -0.39 is 5.60 Å². The molecule has 0 unspecified atom stereocenters. The molecular formula is C18H32N2O3. The van der Waals surface area contributed by atoms with Gasteiger partial charge in [0.1, 0.15) is 5.60 Å². The molecule has 2 rings (SSSR count). The van der Waals surface area contributed by atoms with E-state index in [1.165, 1.54) is 32.4 Å². The first-order chi connectivity index (χ1) is 10.8. The van der Waals surface area contributed by atoms with Crippen LogP contribution in [0.15, 0.2) is 0 Å². The lowest BCUT2D eigenvalue weighted by atomic mass is 9.99. The molecule has 0 radical (unpaired) electrons. The minimum absolute atomic E-state index is 0.0907. The van der Waals surface area contributed by atoms with Gasteiger partial charge in [0.25, 0.3) is 0 Å². The highest BCUT2D eigenvalue weighted by atomic mass is 16.6. The molecule has 0 atom stereocenters. The highest BCUT2D eigenvalue weighted by molar-refractivity contribution is 5.81. The van der Waals surface area contributed by atoms with E-state index in [9.17, 15) is 9.59 Å². The van der Waals surface area contributed by atoms with E-state index in [1.54, 1.807) is 0 Å². The molecule has 0 aliphatic carbocycles. The number of likely N-dealkylation sites (tertiary alicyclic amines) is 2. The summed E-state index contributed by atoms with van der Waals surface area (Å²) in [6.07, 6.45) is 6.57. The first kappa shape index (κ1) is 18.2. The van der Waals surface area contributed by atoms with Crippen LogP contribution in [-0.4, -0.2) is 59.5 Å². The normalized spacial score (nSPS) is 21.3. The molecule has 0 N–H and O–H groups in total. The van der Waals surface area contributed by atoms with Gasteiger partial charge in [-0.1, -0.05) is 6.42 Å². The van der Waals surface area contributed by atoms with Crippen LogP contribution in [0.25, 0.3) is 0 Å². The van der Waals surface area contributed by atoms with Crippen molar-refractivity contribution in [1.82, 2.24) is 9.80 Å². The van der Waals surface area contributed by atoms with Crippen LogP contribution in [0.5, 0.6) is 0 Å². The van der Waals surface area contributed by atoms with Crippen molar-refractivity contribution in [3.63, 3.8) is 0 Å². The Balaban J connectivity index is 1.68. The van der Waals surface area contributed by atoms with E-state index in [2.05, 4.69) is 4.90 Å². The summed E-state index contributed by atoms with van der Waals surface area (Å²) >= 11 is 0. The summed E-state index contributed by atoms with van der Waals surface area (Å²) < 4.78 is 5.26. The topological polar surface area (TPSA) is 49.9 Å². The highest BCUT2D eigenvalue weighted by Crippen LogP contribution is 2.21. The zero-order valence-electron chi connectivity index (χ0n) is 15.0. The molecule has 0 aromatic rings. The van der Waals surface area contributed by atoms with Crippen LogP contribution in [0.4, 0.5) is 0 Å². The summed E-state index contributed by atoms with van der Waals surface area (Å²) in [5.74, 6) is -0.193. The summed E-state index contributed by atoms with van der Waals surface area (Å²) in [5.41, 5.74) is -0.479. The molecule has 1 amide bonds. The van der Waals surface area contributed by atoms with E-state index in [0.29, 0.717) is 6.04 Å². The van der Waals surface area contributed by atoms with Crippen molar-refractivity contribution in [1.29, 1.82) is 0 Å².